The highest BCUT2D eigenvalue weighted by Crippen LogP contribution is 2.53. The molecule has 39 heavy (non-hydrogen) atoms. The maximum Gasteiger partial charge on any atom is 0.226 e. The van der Waals surface area contributed by atoms with Gasteiger partial charge >= 0.3 is 0 Å². The fourth-order valence-corrected chi connectivity index (χ4v) is 6.41. The van der Waals surface area contributed by atoms with Gasteiger partial charge in [-0.15, -0.1) is 0 Å². The molecule has 0 aromatic heterocycles. The molecule has 0 radical (unpaired) electrons. The van der Waals surface area contributed by atoms with Gasteiger partial charge in [-0.1, -0.05) is 45.2 Å². The van der Waals surface area contributed by atoms with Gasteiger partial charge in [-0.25, -0.2) is 0 Å². The zero-order valence-electron chi connectivity index (χ0n) is 24.4. The Labute approximate surface area is 233 Å². The fraction of sp³-hybridized carbons (Fsp3) is 0.897. The smallest absolute Gasteiger partial charge is 0.226 e. The van der Waals surface area contributed by atoms with E-state index in [1.165, 1.54) is 32.1 Å². The molecule has 2 aliphatic carbocycles. The highest BCUT2D eigenvalue weighted by molar-refractivity contribution is 5.85. The molecule has 10 nitrogen and oxygen atoms in total. The first-order chi connectivity index (χ1) is 18.5. The summed E-state index contributed by atoms with van der Waals surface area (Å²) in [6, 6.07) is 0.208. The maximum atomic E-state index is 12.2. The normalized spacial score (nSPS) is 28.8. The SMILES string of the molecule is CC1(C)CC1C(=O)N1CC2(C1)OCCC2C(N)=O.CCCC(=O)N1CCCC(N)C1.O=NCC1CCCCC1. The Balaban J connectivity index is 0.000000174. The van der Waals surface area contributed by atoms with Gasteiger partial charge in [0.1, 0.15) is 5.60 Å². The molecule has 0 bridgehead atoms. The van der Waals surface area contributed by atoms with Crippen molar-refractivity contribution in [2.45, 2.75) is 103 Å². The molecule has 3 atom stereocenters. The van der Waals surface area contributed by atoms with Gasteiger partial charge in [0.2, 0.25) is 17.7 Å². The van der Waals surface area contributed by atoms with Gasteiger partial charge in [-0.3, -0.25) is 14.4 Å². The molecule has 3 saturated heterocycles. The van der Waals surface area contributed by atoms with Gasteiger partial charge in [0.05, 0.1) is 25.6 Å². The molecule has 3 aliphatic heterocycles. The predicted molar refractivity (Wildman–Crippen MR) is 150 cm³/mol. The number of nitrogens with two attached hydrogens (primary N) is 2. The molecule has 3 amide bonds. The number of hydrogen-bond acceptors (Lipinski definition) is 7. The van der Waals surface area contributed by atoms with E-state index in [9.17, 15) is 19.3 Å². The zero-order chi connectivity index (χ0) is 28.6. The Morgan fingerprint density at radius 1 is 0.974 bits per heavy atom. The summed E-state index contributed by atoms with van der Waals surface area (Å²) in [6.45, 7) is 10.1. The van der Waals surface area contributed by atoms with Gasteiger partial charge in [0.15, 0.2) is 0 Å². The number of amides is 3. The third kappa shape index (κ3) is 8.46. The highest BCUT2D eigenvalue weighted by atomic mass is 16.5. The zero-order valence-corrected chi connectivity index (χ0v) is 24.4. The molecule has 4 N–H and O–H groups in total. The largest absolute Gasteiger partial charge is 0.370 e. The van der Waals surface area contributed by atoms with Gasteiger partial charge in [0, 0.05) is 38.1 Å². The lowest BCUT2D eigenvalue weighted by atomic mass is 9.80. The van der Waals surface area contributed by atoms with Crippen molar-refractivity contribution in [3.8, 4) is 0 Å². The van der Waals surface area contributed by atoms with Crippen LogP contribution in [0, 0.1) is 28.1 Å². The van der Waals surface area contributed by atoms with Crippen molar-refractivity contribution in [1.82, 2.24) is 9.80 Å². The van der Waals surface area contributed by atoms with E-state index < -0.39 is 5.60 Å². The summed E-state index contributed by atoms with van der Waals surface area (Å²) in [5, 5.41) is 2.91. The molecule has 0 aromatic carbocycles. The molecule has 222 valence electrons. The van der Waals surface area contributed by atoms with Crippen LogP contribution in [0.2, 0.25) is 0 Å². The lowest BCUT2D eigenvalue weighted by Crippen LogP contribution is -2.68. The first kappa shape index (κ1) is 31.5. The number of nitrogens with zero attached hydrogens (tertiary/aromatic N) is 3. The van der Waals surface area contributed by atoms with Crippen LogP contribution in [0.5, 0.6) is 0 Å². The Kier molecular flexibility index (Phi) is 11.3. The number of likely N-dealkylation sites (tertiary alicyclic amines) is 2. The molecular weight excluding hydrogens is 498 g/mol. The molecule has 10 heteroatoms. The second-order valence-corrected chi connectivity index (χ2v) is 12.9. The Morgan fingerprint density at radius 3 is 2.18 bits per heavy atom. The predicted octanol–water partition coefficient (Wildman–Crippen LogP) is 3.20. The number of hydrogen-bond donors (Lipinski definition) is 2. The van der Waals surface area contributed by atoms with E-state index in [4.69, 9.17) is 16.2 Å². The van der Waals surface area contributed by atoms with Crippen LogP contribution in [0.3, 0.4) is 0 Å². The van der Waals surface area contributed by atoms with E-state index in [-0.39, 0.29) is 41.0 Å². The van der Waals surface area contributed by atoms with Crippen LogP contribution >= 0.6 is 0 Å². The van der Waals surface area contributed by atoms with Crippen molar-refractivity contribution in [2.75, 3.05) is 39.3 Å². The van der Waals surface area contributed by atoms with Crippen LogP contribution in [-0.4, -0.2) is 78.5 Å². The van der Waals surface area contributed by atoms with Crippen molar-refractivity contribution in [2.24, 2.45) is 39.8 Å². The van der Waals surface area contributed by atoms with Crippen LogP contribution in [0.15, 0.2) is 5.18 Å². The average Bonchev–Trinajstić information content (AvgIpc) is 3.30. The van der Waals surface area contributed by atoms with E-state index >= 15 is 0 Å². The Hall–Kier alpha value is -2.07. The minimum absolute atomic E-state index is 0.152. The summed E-state index contributed by atoms with van der Waals surface area (Å²) < 4.78 is 5.69. The maximum absolute atomic E-state index is 12.2. The van der Waals surface area contributed by atoms with Crippen LogP contribution < -0.4 is 11.5 Å². The standard InChI is InChI=1S/C13H20N2O3.C9H18N2O.C7H13NO/c1-12(2)5-9(12)11(17)15-6-13(7-15)8(10(14)16)3-4-18-13;1-2-4-9(12)11-6-3-5-8(10)7-11;9-8-6-7-4-2-1-3-5-7/h8-9H,3-7H2,1-2H3,(H2,14,16);8H,2-7,10H2,1H3;7H,1-6H2. The summed E-state index contributed by atoms with van der Waals surface area (Å²) in [6.07, 6.45) is 11.8. The molecule has 5 fully saturated rings. The van der Waals surface area contributed by atoms with Crippen molar-refractivity contribution < 1.29 is 19.1 Å². The number of primary amides is 1. The minimum atomic E-state index is -0.472. The number of nitroso groups, excluding NO2 is 1. The van der Waals surface area contributed by atoms with Crippen molar-refractivity contribution in [1.29, 1.82) is 0 Å². The summed E-state index contributed by atoms with van der Waals surface area (Å²) >= 11 is 0. The first-order valence-corrected chi connectivity index (χ1v) is 15.1. The molecule has 0 aromatic rings. The van der Waals surface area contributed by atoms with Crippen LogP contribution in [0.25, 0.3) is 0 Å². The minimum Gasteiger partial charge on any atom is -0.370 e. The molecular formula is C29H51N5O5. The van der Waals surface area contributed by atoms with Crippen molar-refractivity contribution >= 4 is 17.7 Å². The quantitative estimate of drug-likeness (QED) is 0.486. The third-order valence-electron chi connectivity index (χ3n) is 9.15. The Bertz CT molecular complexity index is 853. The van der Waals surface area contributed by atoms with Gasteiger partial charge in [0.25, 0.3) is 0 Å². The van der Waals surface area contributed by atoms with E-state index in [0.717, 1.165) is 38.8 Å². The Morgan fingerprint density at radius 2 is 1.64 bits per heavy atom. The summed E-state index contributed by atoms with van der Waals surface area (Å²) in [5.41, 5.74) is 10.8. The lowest BCUT2D eigenvalue weighted by molar-refractivity contribution is -0.170. The number of ether oxygens (including phenoxy) is 1. The molecule has 3 unspecified atom stereocenters. The van der Waals surface area contributed by atoms with Gasteiger partial charge in [-0.05, 0) is 56.3 Å². The fourth-order valence-electron chi connectivity index (χ4n) is 6.41. The number of piperidine rings is 1. The first-order valence-electron chi connectivity index (χ1n) is 15.1. The highest BCUT2D eigenvalue weighted by Gasteiger charge is 2.60. The number of carbonyl (C=O) groups excluding carboxylic acids is 3. The third-order valence-corrected chi connectivity index (χ3v) is 9.15. The lowest BCUT2D eigenvalue weighted by Gasteiger charge is -2.49. The van der Waals surface area contributed by atoms with Crippen LogP contribution in [0.1, 0.15) is 91.4 Å². The average molecular weight is 550 g/mol. The van der Waals surface area contributed by atoms with E-state index in [0.29, 0.717) is 45.0 Å². The number of carbonyl (C=O) groups is 3. The monoisotopic (exact) mass is 549 g/mol. The second kappa shape index (κ2) is 14.0. The molecule has 1 spiro atoms. The summed E-state index contributed by atoms with van der Waals surface area (Å²) in [4.78, 5) is 48.5. The van der Waals surface area contributed by atoms with Gasteiger partial charge < -0.3 is 26.0 Å². The van der Waals surface area contributed by atoms with Crippen molar-refractivity contribution in [3.05, 3.63) is 4.91 Å². The molecule has 3 heterocycles. The topological polar surface area (TPSA) is 148 Å². The van der Waals surface area contributed by atoms with Crippen molar-refractivity contribution in [3.63, 3.8) is 0 Å². The van der Waals surface area contributed by atoms with Crippen LogP contribution in [-0.2, 0) is 19.1 Å². The second-order valence-electron chi connectivity index (χ2n) is 12.9. The molecule has 2 saturated carbocycles. The summed E-state index contributed by atoms with van der Waals surface area (Å²) in [5.74, 6) is 0.733. The van der Waals surface area contributed by atoms with E-state index in [1.54, 1.807) is 0 Å². The summed E-state index contributed by atoms with van der Waals surface area (Å²) in [7, 11) is 0. The van der Waals surface area contributed by atoms with E-state index in [2.05, 4.69) is 19.0 Å². The number of rotatable bonds is 6. The van der Waals surface area contributed by atoms with Crippen LogP contribution in [0.4, 0.5) is 0 Å². The molecule has 5 aliphatic rings. The van der Waals surface area contributed by atoms with Gasteiger partial charge in [-0.2, -0.15) is 4.91 Å². The van der Waals surface area contributed by atoms with E-state index in [1.807, 2.05) is 16.7 Å². The molecule has 5 rings (SSSR count).